The molecule has 23 heavy (non-hydrogen) atoms. The molecule has 0 unspecified atom stereocenters. The van der Waals surface area contributed by atoms with Gasteiger partial charge in [0, 0.05) is 25.4 Å². The van der Waals surface area contributed by atoms with Gasteiger partial charge in [0.15, 0.2) is 0 Å². The van der Waals surface area contributed by atoms with Crippen LogP contribution in [0.25, 0.3) is 0 Å². The molecule has 0 fully saturated rings. The first-order valence-electron chi connectivity index (χ1n) is 7.10. The van der Waals surface area contributed by atoms with E-state index in [1.165, 1.54) is 30.1 Å². The van der Waals surface area contributed by atoms with Crippen LogP contribution in [0.1, 0.15) is 12.0 Å². The van der Waals surface area contributed by atoms with Crippen molar-refractivity contribution in [1.82, 2.24) is 14.5 Å². The monoisotopic (exact) mass is 337 g/mol. The molecule has 1 aromatic heterocycles. The molecule has 1 heterocycles. The molecule has 0 spiro atoms. The Balaban J connectivity index is 1.95. The van der Waals surface area contributed by atoms with Gasteiger partial charge in [0.05, 0.1) is 12.0 Å². The summed E-state index contributed by atoms with van der Waals surface area (Å²) in [5.41, 5.74) is 0.538. The van der Waals surface area contributed by atoms with Crippen molar-refractivity contribution in [2.45, 2.75) is 24.8 Å². The van der Waals surface area contributed by atoms with Crippen LogP contribution in [-0.4, -0.2) is 31.9 Å². The van der Waals surface area contributed by atoms with Crippen molar-refractivity contribution in [1.29, 1.82) is 0 Å². The van der Waals surface area contributed by atoms with Crippen molar-refractivity contribution >= 4 is 10.0 Å². The van der Waals surface area contributed by atoms with Gasteiger partial charge in [-0.15, -0.1) is 0 Å². The molecule has 0 atom stereocenters. The molecule has 0 radical (unpaired) electrons. The highest BCUT2D eigenvalue weighted by atomic mass is 32.2. The van der Waals surface area contributed by atoms with Crippen LogP contribution in [0.2, 0.25) is 0 Å². The van der Waals surface area contributed by atoms with Gasteiger partial charge in [0.1, 0.15) is 5.75 Å². The molecule has 0 aliphatic heterocycles. The summed E-state index contributed by atoms with van der Waals surface area (Å²) < 4.78 is 33.4. The number of aryl methyl sites for hydroxylation is 2. The number of hydrogen-bond acceptors (Lipinski definition) is 5. The molecule has 0 aliphatic carbocycles. The van der Waals surface area contributed by atoms with Crippen LogP contribution in [0.5, 0.6) is 5.75 Å². The minimum absolute atomic E-state index is 0.186. The number of aromatic nitrogens is 2. The molecule has 0 saturated carbocycles. The Labute approximate surface area is 135 Å². The fourth-order valence-corrected chi connectivity index (χ4v) is 3.25. The van der Waals surface area contributed by atoms with E-state index < -0.39 is 10.0 Å². The number of methoxy groups -OCH3 is 1. The number of nitrogens with one attached hydrogen (secondary N) is 1. The molecular formula is C15H19N3O4S. The van der Waals surface area contributed by atoms with E-state index in [0.29, 0.717) is 18.7 Å². The predicted octanol–water partition coefficient (Wildman–Crippen LogP) is 0.929. The molecule has 0 amide bonds. The lowest BCUT2D eigenvalue weighted by atomic mass is 10.2. The van der Waals surface area contributed by atoms with Crippen LogP contribution in [0.3, 0.4) is 0 Å². The minimum atomic E-state index is -3.59. The molecular weight excluding hydrogens is 318 g/mol. The van der Waals surface area contributed by atoms with Gasteiger partial charge < -0.3 is 4.74 Å². The topological polar surface area (TPSA) is 90.3 Å². The first kappa shape index (κ1) is 17.2. The number of benzene rings is 1. The predicted molar refractivity (Wildman–Crippen MR) is 86.0 cm³/mol. The lowest BCUT2D eigenvalue weighted by molar-refractivity contribution is 0.411. The maximum absolute atomic E-state index is 12.2. The summed E-state index contributed by atoms with van der Waals surface area (Å²) in [6.07, 6.45) is 1.98. The summed E-state index contributed by atoms with van der Waals surface area (Å²) >= 11 is 0. The number of sulfonamides is 1. The van der Waals surface area contributed by atoms with Gasteiger partial charge in [-0.2, -0.15) is 5.10 Å². The van der Waals surface area contributed by atoms with Crippen LogP contribution >= 0.6 is 0 Å². The van der Waals surface area contributed by atoms with E-state index >= 15 is 0 Å². The van der Waals surface area contributed by atoms with Gasteiger partial charge in [-0.25, -0.2) is 17.8 Å². The Morgan fingerprint density at radius 2 is 2.09 bits per heavy atom. The molecule has 8 heteroatoms. The van der Waals surface area contributed by atoms with Gasteiger partial charge in [0.25, 0.3) is 5.56 Å². The zero-order valence-corrected chi connectivity index (χ0v) is 13.8. The Hall–Kier alpha value is -2.19. The van der Waals surface area contributed by atoms with E-state index in [9.17, 15) is 13.2 Å². The quantitative estimate of drug-likeness (QED) is 0.759. The van der Waals surface area contributed by atoms with Crippen LogP contribution in [0.4, 0.5) is 0 Å². The highest BCUT2D eigenvalue weighted by molar-refractivity contribution is 7.89. The third-order valence-electron chi connectivity index (χ3n) is 3.30. The third-order valence-corrected chi connectivity index (χ3v) is 4.76. The first-order chi connectivity index (χ1) is 10.9. The average molecular weight is 337 g/mol. The maximum Gasteiger partial charge on any atom is 0.266 e. The van der Waals surface area contributed by atoms with Crippen molar-refractivity contribution in [3.8, 4) is 5.75 Å². The van der Waals surface area contributed by atoms with E-state index in [1.807, 2.05) is 0 Å². The Morgan fingerprint density at radius 1 is 1.30 bits per heavy atom. The second-order valence-corrected chi connectivity index (χ2v) is 6.73. The van der Waals surface area contributed by atoms with Crippen LogP contribution < -0.4 is 15.0 Å². The van der Waals surface area contributed by atoms with E-state index in [2.05, 4.69) is 9.82 Å². The smallest absolute Gasteiger partial charge is 0.266 e. The lowest BCUT2D eigenvalue weighted by Gasteiger charge is -2.10. The number of nitrogens with zero attached hydrogens (tertiary/aromatic N) is 2. The van der Waals surface area contributed by atoms with E-state index in [4.69, 9.17) is 4.74 Å². The number of rotatable bonds is 7. The summed E-state index contributed by atoms with van der Waals surface area (Å²) in [6.45, 7) is 2.35. The van der Waals surface area contributed by atoms with Crippen molar-refractivity contribution in [2.24, 2.45) is 0 Å². The molecule has 2 aromatic rings. The van der Waals surface area contributed by atoms with Crippen LogP contribution in [0.15, 0.2) is 46.2 Å². The van der Waals surface area contributed by atoms with Crippen LogP contribution in [-0.2, 0) is 16.6 Å². The fourth-order valence-electron chi connectivity index (χ4n) is 2.09. The molecule has 0 bridgehead atoms. The summed E-state index contributed by atoms with van der Waals surface area (Å²) in [5.74, 6) is 0.637. The zero-order valence-electron chi connectivity index (χ0n) is 13.0. The van der Waals surface area contributed by atoms with Crippen molar-refractivity contribution in [3.63, 3.8) is 0 Å². The third kappa shape index (κ3) is 4.40. The summed E-state index contributed by atoms with van der Waals surface area (Å²) in [5, 5.41) is 3.91. The molecule has 1 aromatic carbocycles. The standard InChI is InChI=1S/C15H19N3O4S/c1-12-11-13(6-7-14(12)22-2)23(20,21)17-9-4-10-18-15(19)5-3-8-16-18/h3,5-8,11,17H,4,9-10H2,1-2H3. The molecule has 124 valence electrons. The Bertz CT molecular complexity index is 831. The largest absolute Gasteiger partial charge is 0.496 e. The fraction of sp³-hybridized carbons (Fsp3) is 0.333. The molecule has 0 saturated heterocycles. The molecule has 0 aliphatic rings. The lowest BCUT2D eigenvalue weighted by Crippen LogP contribution is -2.28. The second-order valence-electron chi connectivity index (χ2n) is 4.97. The van der Waals surface area contributed by atoms with Gasteiger partial charge in [0.2, 0.25) is 10.0 Å². The molecule has 1 N–H and O–H groups in total. The highest BCUT2D eigenvalue weighted by Crippen LogP contribution is 2.21. The number of ether oxygens (including phenoxy) is 1. The summed E-state index contributed by atoms with van der Waals surface area (Å²) in [6, 6.07) is 7.66. The normalized spacial score (nSPS) is 11.4. The Kier molecular flexibility index (Phi) is 5.51. The van der Waals surface area contributed by atoms with E-state index in [0.717, 1.165) is 5.56 Å². The highest BCUT2D eigenvalue weighted by Gasteiger charge is 2.14. The van der Waals surface area contributed by atoms with Gasteiger partial charge in [-0.3, -0.25) is 4.79 Å². The molecule has 7 nitrogen and oxygen atoms in total. The first-order valence-corrected chi connectivity index (χ1v) is 8.59. The number of hydrogen-bond donors (Lipinski definition) is 1. The van der Waals surface area contributed by atoms with Crippen LogP contribution in [0, 0.1) is 6.92 Å². The van der Waals surface area contributed by atoms with Gasteiger partial charge in [-0.05, 0) is 43.2 Å². The second kappa shape index (κ2) is 7.38. The SMILES string of the molecule is COc1ccc(S(=O)(=O)NCCCn2ncccc2=O)cc1C. The maximum atomic E-state index is 12.2. The minimum Gasteiger partial charge on any atom is -0.496 e. The van der Waals surface area contributed by atoms with Gasteiger partial charge >= 0.3 is 0 Å². The van der Waals surface area contributed by atoms with Crippen molar-refractivity contribution < 1.29 is 13.2 Å². The zero-order chi connectivity index (χ0) is 16.9. The van der Waals surface area contributed by atoms with Gasteiger partial charge in [-0.1, -0.05) is 0 Å². The summed E-state index contributed by atoms with van der Waals surface area (Å²) in [7, 11) is -2.05. The van der Waals surface area contributed by atoms with E-state index in [1.54, 1.807) is 25.1 Å². The average Bonchev–Trinajstić information content (AvgIpc) is 2.53. The van der Waals surface area contributed by atoms with E-state index in [-0.39, 0.29) is 17.0 Å². The molecule has 2 rings (SSSR count). The Morgan fingerprint density at radius 3 is 2.74 bits per heavy atom. The van der Waals surface area contributed by atoms with Crippen molar-refractivity contribution in [2.75, 3.05) is 13.7 Å². The van der Waals surface area contributed by atoms with Crippen molar-refractivity contribution in [3.05, 3.63) is 52.4 Å². The summed E-state index contributed by atoms with van der Waals surface area (Å²) in [4.78, 5) is 11.7.